The van der Waals surface area contributed by atoms with E-state index >= 15 is 0 Å². The van der Waals surface area contributed by atoms with E-state index in [2.05, 4.69) is 30.0 Å². The molecule has 1 nitrogen and oxygen atoms in total. The van der Waals surface area contributed by atoms with Crippen molar-refractivity contribution in [2.45, 2.75) is 6.92 Å². The van der Waals surface area contributed by atoms with Gasteiger partial charge in [0.15, 0.2) is 5.12 Å². The Morgan fingerprint density at radius 3 is 2.72 bits per heavy atom. The molecule has 0 atom stereocenters. The molecule has 0 aliphatic carbocycles. The number of thiophene rings is 1. The third-order valence-corrected chi connectivity index (χ3v) is 3.97. The van der Waals surface area contributed by atoms with Crippen LogP contribution in [0.25, 0.3) is 10.4 Å². The van der Waals surface area contributed by atoms with Crippen molar-refractivity contribution < 1.29 is 4.79 Å². The third kappa shape index (κ3) is 3.76. The fourth-order valence-electron chi connectivity index (χ4n) is 1.42. The second-order valence-corrected chi connectivity index (χ2v) is 5.85. The number of carbonyl (C=O) groups excluding carboxylic acids is 1. The summed E-state index contributed by atoms with van der Waals surface area (Å²) in [6.07, 6.45) is 0. The number of carbonyl (C=O) groups is 1. The molecule has 0 aliphatic rings. The SMILES string of the molecule is CC(=O)SCC#Cc1ccc(-c2ccccc2)s1. The Balaban J connectivity index is 2.05. The highest BCUT2D eigenvalue weighted by molar-refractivity contribution is 8.13. The van der Waals surface area contributed by atoms with Gasteiger partial charge in [-0.2, -0.15) is 0 Å². The van der Waals surface area contributed by atoms with E-state index in [-0.39, 0.29) is 5.12 Å². The van der Waals surface area contributed by atoms with Gasteiger partial charge in [-0.05, 0) is 17.7 Å². The first-order chi connectivity index (χ1) is 8.75. The first kappa shape index (κ1) is 12.9. The maximum Gasteiger partial charge on any atom is 0.186 e. The molecule has 0 N–H and O–H groups in total. The van der Waals surface area contributed by atoms with Crippen LogP contribution in [0.5, 0.6) is 0 Å². The molecule has 0 saturated heterocycles. The average molecular weight is 272 g/mol. The molecule has 0 radical (unpaired) electrons. The molecule has 2 rings (SSSR count). The van der Waals surface area contributed by atoms with Crippen molar-refractivity contribution in [2.24, 2.45) is 0 Å². The van der Waals surface area contributed by atoms with Gasteiger partial charge in [0.05, 0.1) is 10.6 Å². The summed E-state index contributed by atoms with van der Waals surface area (Å²) in [4.78, 5) is 13.0. The van der Waals surface area contributed by atoms with E-state index in [1.807, 2.05) is 24.3 Å². The lowest BCUT2D eigenvalue weighted by molar-refractivity contribution is -0.109. The molecule has 0 fully saturated rings. The van der Waals surface area contributed by atoms with Crippen LogP contribution in [0.2, 0.25) is 0 Å². The van der Waals surface area contributed by atoms with E-state index in [1.54, 1.807) is 18.3 Å². The van der Waals surface area contributed by atoms with Crippen molar-refractivity contribution >= 4 is 28.2 Å². The zero-order valence-corrected chi connectivity index (χ0v) is 11.6. The molecule has 18 heavy (non-hydrogen) atoms. The van der Waals surface area contributed by atoms with Gasteiger partial charge in [0, 0.05) is 11.8 Å². The van der Waals surface area contributed by atoms with E-state index in [0.717, 1.165) is 4.88 Å². The molecule has 0 unspecified atom stereocenters. The number of thioether (sulfide) groups is 1. The van der Waals surface area contributed by atoms with Crippen LogP contribution in [-0.2, 0) is 4.79 Å². The van der Waals surface area contributed by atoms with E-state index in [9.17, 15) is 4.79 Å². The summed E-state index contributed by atoms with van der Waals surface area (Å²) in [5.74, 6) is 6.65. The highest BCUT2D eigenvalue weighted by atomic mass is 32.2. The summed E-state index contributed by atoms with van der Waals surface area (Å²) in [7, 11) is 0. The van der Waals surface area contributed by atoms with Crippen molar-refractivity contribution in [3.05, 3.63) is 47.3 Å². The fraction of sp³-hybridized carbons (Fsp3) is 0.133. The minimum absolute atomic E-state index is 0.112. The second kappa shape index (κ2) is 6.44. The molecule has 0 bridgehead atoms. The van der Waals surface area contributed by atoms with Crippen LogP contribution in [0.4, 0.5) is 0 Å². The van der Waals surface area contributed by atoms with Crippen LogP contribution in [0.15, 0.2) is 42.5 Å². The quantitative estimate of drug-likeness (QED) is 0.767. The van der Waals surface area contributed by atoms with Crippen LogP contribution >= 0.6 is 23.1 Å². The van der Waals surface area contributed by atoms with Crippen molar-refractivity contribution in [2.75, 3.05) is 5.75 Å². The van der Waals surface area contributed by atoms with Gasteiger partial charge >= 0.3 is 0 Å². The van der Waals surface area contributed by atoms with E-state index < -0.39 is 0 Å². The molecule has 0 spiro atoms. The molecular weight excluding hydrogens is 260 g/mol. The molecule has 0 aliphatic heterocycles. The second-order valence-electron chi connectivity index (χ2n) is 3.61. The van der Waals surface area contributed by atoms with Gasteiger partial charge in [-0.25, -0.2) is 0 Å². The Bertz CT molecular complexity index is 588. The van der Waals surface area contributed by atoms with Gasteiger partial charge in [-0.1, -0.05) is 53.9 Å². The van der Waals surface area contributed by atoms with Crippen LogP contribution in [0, 0.1) is 11.8 Å². The third-order valence-electron chi connectivity index (χ3n) is 2.22. The van der Waals surface area contributed by atoms with E-state index in [0.29, 0.717) is 5.75 Å². The Labute approximate surface area is 115 Å². The van der Waals surface area contributed by atoms with Crippen LogP contribution in [0.1, 0.15) is 11.8 Å². The Morgan fingerprint density at radius 2 is 2.00 bits per heavy atom. The largest absolute Gasteiger partial charge is 0.288 e. The maximum absolute atomic E-state index is 10.7. The number of rotatable bonds is 2. The predicted molar refractivity (Wildman–Crippen MR) is 79.8 cm³/mol. The smallest absolute Gasteiger partial charge is 0.186 e. The Hall–Kier alpha value is -1.50. The van der Waals surface area contributed by atoms with E-state index in [4.69, 9.17) is 0 Å². The molecular formula is C15H12OS2. The molecule has 1 aromatic heterocycles. The molecule has 0 amide bonds. The van der Waals surface area contributed by atoms with Crippen molar-refractivity contribution in [3.8, 4) is 22.3 Å². The summed E-state index contributed by atoms with van der Waals surface area (Å²) < 4.78 is 0. The van der Waals surface area contributed by atoms with Gasteiger partial charge < -0.3 is 0 Å². The van der Waals surface area contributed by atoms with Crippen LogP contribution < -0.4 is 0 Å². The highest BCUT2D eigenvalue weighted by Crippen LogP contribution is 2.27. The van der Waals surface area contributed by atoms with Gasteiger partial charge in [0.2, 0.25) is 0 Å². The van der Waals surface area contributed by atoms with Gasteiger partial charge in [0.1, 0.15) is 0 Å². The molecule has 0 saturated carbocycles. The first-order valence-electron chi connectivity index (χ1n) is 5.53. The summed E-state index contributed by atoms with van der Waals surface area (Å²) in [6, 6.07) is 14.4. The van der Waals surface area contributed by atoms with Gasteiger partial charge in [-0.15, -0.1) is 11.3 Å². The lowest BCUT2D eigenvalue weighted by atomic mass is 10.2. The van der Waals surface area contributed by atoms with Crippen LogP contribution in [0.3, 0.4) is 0 Å². The van der Waals surface area contributed by atoms with Crippen LogP contribution in [-0.4, -0.2) is 10.9 Å². The van der Waals surface area contributed by atoms with Gasteiger partial charge in [-0.3, -0.25) is 4.79 Å². The van der Waals surface area contributed by atoms with E-state index in [1.165, 1.54) is 22.2 Å². The first-order valence-corrected chi connectivity index (χ1v) is 7.33. The van der Waals surface area contributed by atoms with Crippen molar-refractivity contribution in [1.29, 1.82) is 0 Å². The summed E-state index contributed by atoms with van der Waals surface area (Å²) >= 11 is 2.92. The highest BCUT2D eigenvalue weighted by Gasteiger charge is 1.99. The predicted octanol–water partition coefficient (Wildman–Crippen LogP) is 4.05. The molecule has 1 heterocycles. The zero-order chi connectivity index (χ0) is 12.8. The summed E-state index contributed by atoms with van der Waals surface area (Å²) in [5.41, 5.74) is 1.22. The summed E-state index contributed by atoms with van der Waals surface area (Å²) in [6.45, 7) is 1.56. The number of hydrogen-bond acceptors (Lipinski definition) is 3. The standard InChI is InChI=1S/C15H12OS2/c1-12(16)17-11-5-8-14-9-10-15(18-14)13-6-3-2-4-7-13/h2-4,6-7,9-10H,11H2,1H3. The maximum atomic E-state index is 10.7. The zero-order valence-electron chi connectivity index (χ0n) is 9.97. The Kier molecular flexibility index (Phi) is 4.63. The van der Waals surface area contributed by atoms with Crippen molar-refractivity contribution in [1.82, 2.24) is 0 Å². The molecule has 1 aromatic carbocycles. The number of benzene rings is 1. The lowest BCUT2D eigenvalue weighted by Gasteiger charge is -1.93. The monoisotopic (exact) mass is 272 g/mol. The normalized spacial score (nSPS) is 9.61. The van der Waals surface area contributed by atoms with Crippen molar-refractivity contribution in [3.63, 3.8) is 0 Å². The lowest BCUT2D eigenvalue weighted by Crippen LogP contribution is -1.81. The Morgan fingerprint density at radius 1 is 1.22 bits per heavy atom. The fourth-order valence-corrected chi connectivity index (χ4v) is 2.66. The molecule has 90 valence electrons. The topological polar surface area (TPSA) is 17.1 Å². The minimum atomic E-state index is 0.112. The van der Waals surface area contributed by atoms with Gasteiger partial charge in [0.25, 0.3) is 0 Å². The molecule has 2 aromatic rings. The summed E-state index contributed by atoms with van der Waals surface area (Å²) in [5, 5.41) is 0.112. The average Bonchev–Trinajstić information content (AvgIpc) is 2.84. The molecule has 3 heteroatoms. The minimum Gasteiger partial charge on any atom is -0.288 e. The number of hydrogen-bond donors (Lipinski definition) is 0.